The van der Waals surface area contributed by atoms with Gasteiger partial charge < -0.3 is 35.0 Å². The molecule has 3 fully saturated rings. The molecule has 1 aliphatic carbocycles. The van der Waals surface area contributed by atoms with Crippen LogP contribution in [0.3, 0.4) is 0 Å². The molecule has 1 aromatic heterocycles. The maximum absolute atomic E-state index is 13.2. The molecule has 37 heavy (non-hydrogen) atoms. The van der Waals surface area contributed by atoms with Crippen LogP contribution in [0.15, 0.2) is 10.5 Å². The van der Waals surface area contributed by atoms with Gasteiger partial charge in [0, 0.05) is 24.8 Å². The molecule has 1 aromatic rings. The SMILES string of the molecule is CC(C)(C)OC(=O)Nc1nc(/C(=N/OC2(C(=O)O)CC2)C(=O)N[C@@H]2C(=O)N[C@@H]2CN2CCOC2=O)cs1. The predicted molar refractivity (Wildman–Crippen MR) is 126 cm³/mol. The lowest BCUT2D eigenvalue weighted by Gasteiger charge is -2.38. The molecule has 1 saturated carbocycles. The molecule has 2 atom stereocenters. The molecule has 0 radical (unpaired) electrons. The number of carboxylic acids is 1. The summed E-state index contributed by atoms with van der Waals surface area (Å²) in [6, 6.07) is -1.56. The van der Waals surface area contributed by atoms with E-state index in [4.69, 9.17) is 14.3 Å². The van der Waals surface area contributed by atoms with Gasteiger partial charge >= 0.3 is 18.2 Å². The number of thiazole rings is 1. The summed E-state index contributed by atoms with van der Waals surface area (Å²) >= 11 is 0.973. The van der Waals surface area contributed by atoms with Crippen molar-refractivity contribution >= 4 is 52.2 Å². The summed E-state index contributed by atoms with van der Waals surface area (Å²) in [6.07, 6.45) is -0.854. The summed E-state index contributed by atoms with van der Waals surface area (Å²) in [4.78, 5) is 71.4. The minimum absolute atomic E-state index is 0.0193. The molecule has 4 rings (SSSR count). The van der Waals surface area contributed by atoms with E-state index in [-0.39, 0.29) is 42.5 Å². The fraction of sp³-hybridized carbons (Fsp3) is 0.571. The van der Waals surface area contributed by atoms with Gasteiger partial charge in [-0.1, -0.05) is 5.16 Å². The molecule has 200 valence electrons. The first kappa shape index (κ1) is 26.1. The third kappa shape index (κ3) is 6.07. The molecule has 2 saturated heterocycles. The van der Waals surface area contributed by atoms with Crippen molar-refractivity contribution in [3.05, 3.63) is 11.1 Å². The van der Waals surface area contributed by atoms with Crippen LogP contribution in [0.25, 0.3) is 0 Å². The fourth-order valence-electron chi connectivity index (χ4n) is 3.42. The van der Waals surface area contributed by atoms with E-state index in [0.29, 0.717) is 6.54 Å². The highest BCUT2D eigenvalue weighted by molar-refractivity contribution is 7.14. The van der Waals surface area contributed by atoms with Gasteiger partial charge in [0.15, 0.2) is 10.8 Å². The Hall–Kier alpha value is -3.95. The number of aliphatic carboxylic acids is 1. The third-order valence-electron chi connectivity index (χ3n) is 5.54. The minimum Gasteiger partial charge on any atom is -0.478 e. The number of aromatic nitrogens is 1. The van der Waals surface area contributed by atoms with Crippen LogP contribution >= 0.6 is 11.3 Å². The second-order valence-electron chi connectivity index (χ2n) is 9.62. The van der Waals surface area contributed by atoms with E-state index in [9.17, 15) is 29.1 Å². The molecule has 4 amide bonds. The number of rotatable bonds is 9. The molecular formula is C21H26N6O9S. The van der Waals surface area contributed by atoms with Crippen molar-refractivity contribution in [3.8, 4) is 0 Å². The van der Waals surface area contributed by atoms with Crippen LogP contribution in [0.5, 0.6) is 0 Å². The first-order valence-corrected chi connectivity index (χ1v) is 12.2. The Labute approximate surface area is 214 Å². The monoisotopic (exact) mass is 538 g/mol. The molecule has 16 heteroatoms. The van der Waals surface area contributed by atoms with E-state index in [2.05, 4.69) is 26.1 Å². The van der Waals surface area contributed by atoms with Crippen molar-refractivity contribution in [1.82, 2.24) is 20.5 Å². The van der Waals surface area contributed by atoms with E-state index < -0.39 is 53.3 Å². The largest absolute Gasteiger partial charge is 0.478 e. The molecule has 0 bridgehead atoms. The Morgan fingerprint density at radius 1 is 1.35 bits per heavy atom. The van der Waals surface area contributed by atoms with Crippen molar-refractivity contribution in [2.24, 2.45) is 5.16 Å². The molecular weight excluding hydrogens is 512 g/mol. The molecule has 15 nitrogen and oxygen atoms in total. The number of cyclic esters (lactones) is 1. The van der Waals surface area contributed by atoms with Crippen LogP contribution in [-0.2, 0) is 28.7 Å². The maximum atomic E-state index is 13.2. The zero-order valence-electron chi connectivity index (χ0n) is 20.2. The number of carboxylic acid groups (broad SMARTS) is 1. The van der Waals surface area contributed by atoms with Crippen LogP contribution in [0.4, 0.5) is 14.7 Å². The maximum Gasteiger partial charge on any atom is 0.413 e. The standard InChI is InChI=1S/C21H26N6O9S/c1-20(2,3)35-18(32)25-17-23-11(9-37-17)13(26-36-21(4-5-21)16(30)31)15(29)24-12-10(22-14(12)28)8-27-6-7-34-19(27)33/h9-10,12H,4-8H2,1-3H3,(H,22,28)(H,24,29)(H,30,31)(H,23,25,32)/b26-13-/t10-,12+/m1/s1. The zero-order chi connectivity index (χ0) is 27.0. The number of carbonyl (C=O) groups excluding carboxylic acids is 4. The van der Waals surface area contributed by atoms with Crippen LogP contribution < -0.4 is 16.0 Å². The Bertz CT molecular complexity index is 1160. The first-order valence-electron chi connectivity index (χ1n) is 11.4. The summed E-state index contributed by atoms with van der Waals surface area (Å²) in [5.41, 5.74) is -2.69. The molecule has 3 aliphatic rings. The Balaban J connectivity index is 1.49. The van der Waals surface area contributed by atoms with Gasteiger partial charge in [-0.25, -0.2) is 19.4 Å². The number of hydrogen-bond acceptors (Lipinski definition) is 11. The fourth-order valence-corrected chi connectivity index (χ4v) is 4.11. The number of amides is 4. The summed E-state index contributed by atoms with van der Waals surface area (Å²) < 4.78 is 10.1. The zero-order valence-corrected chi connectivity index (χ0v) is 21.0. The number of β-lactam (4-membered cyclic amide) rings is 1. The van der Waals surface area contributed by atoms with Gasteiger partial charge in [-0.3, -0.25) is 14.9 Å². The Kier molecular flexibility index (Phi) is 6.94. The summed E-state index contributed by atoms with van der Waals surface area (Å²) in [6.45, 7) is 5.80. The van der Waals surface area contributed by atoms with Gasteiger partial charge in [-0.15, -0.1) is 11.3 Å². The van der Waals surface area contributed by atoms with Gasteiger partial charge in [0.1, 0.15) is 23.9 Å². The number of hydrogen-bond donors (Lipinski definition) is 4. The number of oxime groups is 1. The molecule has 0 unspecified atom stereocenters. The van der Waals surface area contributed by atoms with Crippen molar-refractivity contribution in [1.29, 1.82) is 0 Å². The van der Waals surface area contributed by atoms with E-state index in [1.807, 2.05) is 0 Å². The second kappa shape index (κ2) is 9.84. The lowest BCUT2D eigenvalue weighted by molar-refractivity contribution is -0.153. The van der Waals surface area contributed by atoms with Gasteiger partial charge in [0.05, 0.1) is 12.6 Å². The van der Waals surface area contributed by atoms with Crippen LogP contribution in [0.1, 0.15) is 39.3 Å². The van der Waals surface area contributed by atoms with E-state index in [1.165, 1.54) is 10.3 Å². The number of carbonyl (C=O) groups is 5. The van der Waals surface area contributed by atoms with Gasteiger partial charge in [-0.05, 0) is 20.8 Å². The summed E-state index contributed by atoms with van der Waals surface area (Å²) in [5.74, 6) is -2.55. The van der Waals surface area contributed by atoms with Crippen molar-refractivity contribution in [2.45, 2.75) is 56.9 Å². The predicted octanol–water partition coefficient (Wildman–Crippen LogP) is 0.263. The molecule has 0 aromatic carbocycles. The normalized spacial score (nSPS) is 22.4. The van der Waals surface area contributed by atoms with Crippen LogP contribution in [0, 0.1) is 0 Å². The number of ether oxygens (including phenoxy) is 2. The number of anilines is 1. The third-order valence-corrected chi connectivity index (χ3v) is 6.29. The van der Waals surface area contributed by atoms with Crippen LogP contribution in [0.2, 0.25) is 0 Å². The average molecular weight is 539 g/mol. The smallest absolute Gasteiger partial charge is 0.413 e. The summed E-state index contributed by atoms with van der Waals surface area (Å²) in [7, 11) is 0. The van der Waals surface area contributed by atoms with Gasteiger partial charge in [0.25, 0.3) is 5.91 Å². The lowest BCUT2D eigenvalue weighted by atomic mass is 9.98. The topological polar surface area (TPSA) is 198 Å². The van der Waals surface area contributed by atoms with E-state index in [0.717, 1.165) is 11.3 Å². The van der Waals surface area contributed by atoms with Gasteiger partial charge in [-0.2, -0.15) is 0 Å². The second-order valence-corrected chi connectivity index (χ2v) is 10.5. The molecule has 0 spiro atoms. The highest BCUT2D eigenvalue weighted by Crippen LogP contribution is 2.40. The van der Waals surface area contributed by atoms with Crippen molar-refractivity contribution in [3.63, 3.8) is 0 Å². The Morgan fingerprint density at radius 2 is 2.08 bits per heavy atom. The highest BCUT2D eigenvalue weighted by atomic mass is 32.1. The first-order chi connectivity index (χ1) is 17.4. The number of nitrogens with one attached hydrogen (secondary N) is 3. The highest BCUT2D eigenvalue weighted by Gasteiger charge is 2.55. The Morgan fingerprint density at radius 3 is 2.65 bits per heavy atom. The molecule has 2 aliphatic heterocycles. The molecule has 4 N–H and O–H groups in total. The van der Waals surface area contributed by atoms with E-state index >= 15 is 0 Å². The van der Waals surface area contributed by atoms with E-state index in [1.54, 1.807) is 20.8 Å². The van der Waals surface area contributed by atoms with Gasteiger partial charge in [0.2, 0.25) is 11.5 Å². The average Bonchev–Trinajstić information content (AvgIpc) is 3.29. The van der Waals surface area contributed by atoms with Crippen molar-refractivity contribution < 1.29 is 43.4 Å². The number of nitrogens with zero attached hydrogens (tertiary/aromatic N) is 3. The van der Waals surface area contributed by atoms with Crippen LogP contribution in [-0.4, -0.2) is 93.7 Å². The lowest BCUT2D eigenvalue weighted by Crippen LogP contribution is -2.72. The quantitative estimate of drug-likeness (QED) is 0.192. The minimum atomic E-state index is -1.54. The summed E-state index contributed by atoms with van der Waals surface area (Å²) in [5, 5.41) is 22.3. The molecule has 3 heterocycles. The van der Waals surface area contributed by atoms with Crippen molar-refractivity contribution in [2.75, 3.05) is 25.0 Å².